The van der Waals surface area contributed by atoms with Gasteiger partial charge in [0, 0.05) is 31.0 Å². The van der Waals surface area contributed by atoms with Gasteiger partial charge in [-0.3, -0.25) is 4.79 Å². The van der Waals surface area contributed by atoms with Crippen molar-refractivity contribution < 1.29 is 4.79 Å². The zero-order valence-corrected chi connectivity index (χ0v) is 13.2. The van der Waals surface area contributed by atoms with Crippen molar-refractivity contribution in [3.8, 4) is 0 Å². The lowest BCUT2D eigenvalue weighted by Crippen LogP contribution is -2.35. The molecule has 1 heterocycles. The second-order valence-electron chi connectivity index (χ2n) is 6.40. The molecule has 2 aliphatic rings. The fraction of sp³-hybridized carbons (Fsp3) is 0.706. The van der Waals surface area contributed by atoms with Crippen LogP contribution < -0.4 is 5.32 Å². The lowest BCUT2D eigenvalue weighted by atomic mass is 10.1. The third-order valence-electron chi connectivity index (χ3n) is 4.62. The molecule has 0 radical (unpaired) electrons. The van der Waals surface area contributed by atoms with Gasteiger partial charge in [-0.05, 0) is 56.7 Å². The van der Waals surface area contributed by atoms with Crippen molar-refractivity contribution in [1.82, 2.24) is 14.8 Å². The minimum atomic E-state index is 0.258. The zero-order valence-electron chi connectivity index (χ0n) is 13.2. The topological polar surface area (TPSA) is 37.3 Å². The first-order chi connectivity index (χ1) is 10.2. The maximum absolute atomic E-state index is 12.4. The molecule has 0 aromatic carbocycles. The van der Waals surface area contributed by atoms with Crippen LogP contribution >= 0.6 is 0 Å². The lowest BCUT2D eigenvalue weighted by Gasteiger charge is -2.20. The summed E-state index contributed by atoms with van der Waals surface area (Å²) in [4.78, 5) is 14.4. The van der Waals surface area contributed by atoms with E-state index in [2.05, 4.69) is 42.2 Å². The molecule has 4 heteroatoms. The van der Waals surface area contributed by atoms with Gasteiger partial charge in [0.05, 0.1) is 0 Å². The van der Waals surface area contributed by atoms with E-state index in [9.17, 15) is 4.79 Å². The summed E-state index contributed by atoms with van der Waals surface area (Å²) in [6, 6.07) is 3.15. The molecule has 1 N–H and O–H groups in total. The second kappa shape index (κ2) is 6.22. The van der Waals surface area contributed by atoms with E-state index in [4.69, 9.17) is 0 Å². The largest absolute Gasteiger partial charge is 0.345 e. The fourth-order valence-electron chi connectivity index (χ4n) is 3.22. The molecular formula is C17H27N3O. The Balaban J connectivity index is 1.62. The molecular weight excluding hydrogens is 262 g/mol. The average molecular weight is 289 g/mol. The van der Waals surface area contributed by atoms with Crippen LogP contribution in [0, 0.1) is 5.92 Å². The molecule has 2 aliphatic carbocycles. The van der Waals surface area contributed by atoms with Gasteiger partial charge < -0.3 is 14.8 Å². The van der Waals surface area contributed by atoms with Crippen LogP contribution in [0.5, 0.6) is 0 Å². The Bertz CT molecular complexity index is 488. The number of hydrogen-bond acceptors (Lipinski definition) is 2. The van der Waals surface area contributed by atoms with Gasteiger partial charge >= 0.3 is 0 Å². The molecule has 2 saturated carbocycles. The van der Waals surface area contributed by atoms with Crippen molar-refractivity contribution in [2.75, 3.05) is 13.1 Å². The zero-order chi connectivity index (χ0) is 14.8. The molecule has 0 bridgehead atoms. The third-order valence-corrected chi connectivity index (χ3v) is 4.62. The summed E-state index contributed by atoms with van der Waals surface area (Å²) in [5, 5.41) is 3.58. The quantitative estimate of drug-likeness (QED) is 0.798. The summed E-state index contributed by atoms with van der Waals surface area (Å²) in [6.07, 6.45) is 9.23. The standard InChI is InChI=1S/C17H27N3O/c1-3-18-17(13-5-6-13)14-9-10-19(11-14)12-16(21)20(4-2)15-7-8-15/h9-11,13,15,17-18H,3-8,12H2,1-2H3. The molecule has 1 atom stereocenters. The van der Waals surface area contributed by atoms with E-state index in [0.717, 1.165) is 19.0 Å². The van der Waals surface area contributed by atoms with E-state index in [1.54, 1.807) is 0 Å². The molecule has 2 fully saturated rings. The van der Waals surface area contributed by atoms with Crippen molar-refractivity contribution >= 4 is 5.91 Å². The highest BCUT2D eigenvalue weighted by molar-refractivity contribution is 5.76. The normalized spacial score (nSPS) is 19.5. The molecule has 1 unspecified atom stereocenters. The smallest absolute Gasteiger partial charge is 0.242 e. The van der Waals surface area contributed by atoms with Gasteiger partial charge in [-0.1, -0.05) is 6.92 Å². The van der Waals surface area contributed by atoms with Crippen LogP contribution in [0.1, 0.15) is 51.1 Å². The highest BCUT2D eigenvalue weighted by Crippen LogP contribution is 2.41. The minimum Gasteiger partial charge on any atom is -0.345 e. The number of likely N-dealkylation sites (N-methyl/N-ethyl adjacent to an activating group) is 1. The van der Waals surface area contributed by atoms with Crippen LogP contribution in [-0.2, 0) is 11.3 Å². The lowest BCUT2D eigenvalue weighted by molar-refractivity contribution is -0.132. The third kappa shape index (κ3) is 3.49. The Hall–Kier alpha value is -1.29. The number of hydrogen-bond donors (Lipinski definition) is 1. The number of nitrogens with one attached hydrogen (secondary N) is 1. The molecule has 0 spiro atoms. The van der Waals surface area contributed by atoms with Crippen molar-refractivity contribution in [2.45, 2.75) is 58.2 Å². The Morgan fingerprint density at radius 1 is 1.38 bits per heavy atom. The highest BCUT2D eigenvalue weighted by atomic mass is 16.2. The van der Waals surface area contributed by atoms with Crippen LogP contribution in [0.15, 0.2) is 18.5 Å². The van der Waals surface area contributed by atoms with E-state index in [1.807, 2.05) is 4.90 Å². The first kappa shape index (κ1) is 14.6. The maximum Gasteiger partial charge on any atom is 0.242 e. The van der Waals surface area contributed by atoms with Crippen molar-refractivity contribution in [3.05, 3.63) is 24.0 Å². The number of carbonyl (C=O) groups excluding carboxylic acids is 1. The van der Waals surface area contributed by atoms with Gasteiger partial charge in [0.1, 0.15) is 6.54 Å². The number of amides is 1. The van der Waals surface area contributed by atoms with Crippen molar-refractivity contribution in [1.29, 1.82) is 0 Å². The summed E-state index contributed by atoms with van der Waals surface area (Å²) in [5.74, 6) is 1.05. The molecule has 1 aromatic rings. The molecule has 116 valence electrons. The molecule has 0 saturated heterocycles. The molecule has 1 amide bonds. The summed E-state index contributed by atoms with van der Waals surface area (Å²) in [7, 11) is 0. The number of carbonyl (C=O) groups is 1. The Morgan fingerprint density at radius 3 is 2.71 bits per heavy atom. The van der Waals surface area contributed by atoms with E-state index in [-0.39, 0.29) is 5.91 Å². The molecule has 21 heavy (non-hydrogen) atoms. The van der Waals surface area contributed by atoms with Crippen LogP contribution in [0.4, 0.5) is 0 Å². The van der Waals surface area contributed by atoms with Gasteiger partial charge in [0.15, 0.2) is 0 Å². The van der Waals surface area contributed by atoms with Gasteiger partial charge in [-0.25, -0.2) is 0 Å². The van der Waals surface area contributed by atoms with Crippen LogP contribution in [0.2, 0.25) is 0 Å². The number of nitrogens with zero attached hydrogens (tertiary/aromatic N) is 2. The Morgan fingerprint density at radius 2 is 2.14 bits per heavy atom. The predicted molar refractivity (Wildman–Crippen MR) is 84.0 cm³/mol. The van der Waals surface area contributed by atoms with Gasteiger partial charge in [0.25, 0.3) is 0 Å². The molecule has 1 aromatic heterocycles. The van der Waals surface area contributed by atoms with Gasteiger partial charge in [-0.15, -0.1) is 0 Å². The van der Waals surface area contributed by atoms with Crippen molar-refractivity contribution in [3.63, 3.8) is 0 Å². The van der Waals surface area contributed by atoms with Crippen LogP contribution in [0.3, 0.4) is 0 Å². The first-order valence-corrected chi connectivity index (χ1v) is 8.41. The van der Waals surface area contributed by atoms with Crippen LogP contribution in [0.25, 0.3) is 0 Å². The number of aromatic nitrogens is 1. The van der Waals surface area contributed by atoms with E-state index in [1.165, 1.54) is 31.2 Å². The minimum absolute atomic E-state index is 0.258. The molecule has 4 nitrogen and oxygen atoms in total. The summed E-state index contributed by atoms with van der Waals surface area (Å²) in [6.45, 7) is 6.54. The Labute approximate surface area is 127 Å². The second-order valence-corrected chi connectivity index (χ2v) is 6.40. The summed E-state index contributed by atoms with van der Waals surface area (Å²) in [5.41, 5.74) is 1.33. The van der Waals surface area contributed by atoms with Crippen LogP contribution in [-0.4, -0.2) is 34.5 Å². The molecule has 3 rings (SSSR count). The average Bonchev–Trinajstić information content (AvgIpc) is 3.37. The van der Waals surface area contributed by atoms with Gasteiger partial charge in [0.2, 0.25) is 5.91 Å². The highest BCUT2D eigenvalue weighted by Gasteiger charge is 2.33. The monoisotopic (exact) mass is 289 g/mol. The summed E-state index contributed by atoms with van der Waals surface area (Å²) < 4.78 is 2.05. The number of rotatable bonds is 8. The molecule has 0 aliphatic heterocycles. The summed E-state index contributed by atoms with van der Waals surface area (Å²) >= 11 is 0. The SMILES string of the molecule is CCNC(c1ccn(CC(=O)N(CC)C2CC2)c1)C1CC1. The fourth-order valence-corrected chi connectivity index (χ4v) is 3.22. The van der Waals surface area contributed by atoms with E-state index >= 15 is 0 Å². The first-order valence-electron chi connectivity index (χ1n) is 8.41. The Kier molecular flexibility index (Phi) is 4.34. The van der Waals surface area contributed by atoms with E-state index in [0.29, 0.717) is 18.6 Å². The van der Waals surface area contributed by atoms with Gasteiger partial charge in [-0.2, -0.15) is 0 Å². The van der Waals surface area contributed by atoms with Crippen molar-refractivity contribution in [2.24, 2.45) is 5.92 Å². The maximum atomic E-state index is 12.4. The predicted octanol–water partition coefficient (Wildman–Crippen LogP) is 2.56. The van der Waals surface area contributed by atoms with E-state index < -0.39 is 0 Å².